The third-order valence-electron chi connectivity index (χ3n) is 4.50. The number of para-hydroxylation sites is 2. The third kappa shape index (κ3) is 4.41. The molecule has 0 spiro atoms. The predicted molar refractivity (Wildman–Crippen MR) is 117 cm³/mol. The van der Waals surface area contributed by atoms with E-state index >= 15 is 0 Å². The molecule has 0 saturated heterocycles. The Morgan fingerprint density at radius 2 is 1.61 bits per heavy atom. The Morgan fingerprint density at radius 3 is 2.50 bits per heavy atom. The molecule has 0 radical (unpaired) electrons. The summed E-state index contributed by atoms with van der Waals surface area (Å²) >= 11 is 1.54. The molecule has 0 saturated carbocycles. The Hall–Kier alpha value is -3.11. The number of benzene rings is 3. The topological polar surface area (TPSA) is 42.0 Å². The van der Waals surface area contributed by atoms with Crippen molar-refractivity contribution in [2.45, 2.75) is 11.3 Å². The van der Waals surface area contributed by atoms with Crippen LogP contribution in [-0.2, 0) is 11.2 Å². The molecule has 3 nitrogen and oxygen atoms in total. The number of nitrogens with zero attached hydrogens (tertiary/aromatic N) is 1. The van der Waals surface area contributed by atoms with Gasteiger partial charge in [0.15, 0.2) is 0 Å². The van der Waals surface area contributed by atoms with Crippen molar-refractivity contribution in [3.8, 4) is 0 Å². The highest BCUT2D eigenvalue weighted by molar-refractivity contribution is 8.00. The Morgan fingerprint density at radius 1 is 0.857 bits per heavy atom. The first kappa shape index (κ1) is 18.3. The molecule has 4 rings (SSSR count). The first-order valence-electron chi connectivity index (χ1n) is 9.18. The molecule has 3 aromatic carbocycles. The minimum absolute atomic E-state index is 0.00796. The summed E-state index contributed by atoms with van der Waals surface area (Å²) in [5.41, 5.74) is 4.15. The highest BCUT2D eigenvalue weighted by Crippen LogP contribution is 2.27. The molecular formula is C24H20N2OS. The molecule has 0 unspecified atom stereocenters. The second kappa shape index (κ2) is 8.72. The van der Waals surface area contributed by atoms with Gasteiger partial charge in [0.05, 0.1) is 11.3 Å². The van der Waals surface area contributed by atoms with Gasteiger partial charge in [-0.3, -0.25) is 9.78 Å². The standard InChI is InChI=1S/C24H20N2OS/c27-24(17-28-23-14-15-25-22-13-7-5-11-20(22)23)26-21-12-6-4-10-19(21)16-18-8-2-1-3-9-18/h1-15H,16-17H2,(H,26,27). The van der Waals surface area contributed by atoms with E-state index in [9.17, 15) is 4.79 Å². The maximum Gasteiger partial charge on any atom is 0.234 e. The predicted octanol–water partition coefficient (Wildman–Crippen LogP) is 5.56. The van der Waals surface area contributed by atoms with Crippen molar-refractivity contribution < 1.29 is 4.79 Å². The van der Waals surface area contributed by atoms with Crippen LogP contribution in [0.15, 0.2) is 96.0 Å². The fourth-order valence-electron chi connectivity index (χ4n) is 3.14. The van der Waals surface area contributed by atoms with Crippen LogP contribution in [0.3, 0.4) is 0 Å². The summed E-state index contributed by atoms with van der Waals surface area (Å²) in [5, 5.41) is 4.15. The molecule has 138 valence electrons. The number of amides is 1. The van der Waals surface area contributed by atoms with Crippen molar-refractivity contribution in [3.63, 3.8) is 0 Å². The highest BCUT2D eigenvalue weighted by atomic mass is 32.2. The molecule has 1 aromatic heterocycles. The molecule has 0 bridgehead atoms. The lowest BCUT2D eigenvalue weighted by Crippen LogP contribution is -2.15. The van der Waals surface area contributed by atoms with E-state index in [1.807, 2.05) is 66.7 Å². The SMILES string of the molecule is O=C(CSc1ccnc2ccccc12)Nc1ccccc1Cc1ccccc1. The van der Waals surface area contributed by atoms with E-state index in [1.54, 1.807) is 6.20 Å². The number of anilines is 1. The van der Waals surface area contributed by atoms with Gasteiger partial charge in [-0.1, -0.05) is 66.7 Å². The number of fused-ring (bicyclic) bond motifs is 1. The van der Waals surface area contributed by atoms with Crippen molar-refractivity contribution in [1.82, 2.24) is 4.98 Å². The minimum atomic E-state index is -0.00796. The van der Waals surface area contributed by atoms with Crippen LogP contribution in [0.2, 0.25) is 0 Å². The van der Waals surface area contributed by atoms with Crippen LogP contribution in [0.25, 0.3) is 10.9 Å². The number of hydrogen-bond acceptors (Lipinski definition) is 3. The number of pyridine rings is 1. The van der Waals surface area contributed by atoms with E-state index < -0.39 is 0 Å². The van der Waals surface area contributed by atoms with Crippen LogP contribution in [0.1, 0.15) is 11.1 Å². The van der Waals surface area contributed by atoms with Crippen LogP contribution in [0.5, 0.6) is 0 Å². The number of hydrogen-bond donors (Lipinski definition) is 1. The van der Waals surface area contributed by atoms with E-state index in [0.717, 1.165) is 33.5 Å². The zero-order valence-corrected chi connectivity index (χ0v) is 16.2. The zero-order valence-electron chi connectivity index (χ0n) is 15.3. The summed E-state index contributed by atoms with van der Waals surface area (Å²) in [6.45, 7) is 0. The molecule has 0 atom stereocenters. The zero-order chi connectivity index (χ0) is 19.2. The Balaban J connectivity index is 1.44. The van der Waals surface area contributed by atoms with Gasteiger partial charge in [0.2, 0.25) is 5.91 Å². The number of carbonyl (C=O) groups excluding carboxylic acids is 1. The highest BCUT2D eigenvalue weighted by Gasteiger charge is 2.09. The summed E-state index contributed by atoms with van der Waals surface area (Å²) in [5.74, 6) is 0.347. The van der Waals surface area contributed by atoms with Gasteiger partial charge < -0.3 is 5.32 Å². The van der Waals surface area contributed by atoms with Gasteiger partial charge in [0, 0.05) is 22.2 Å². The molecule has 28 heavy (non-hydrogen) atoms. The normalized spacial score (nSPS) is 10.7. The van der Waals surface area contributed by atoms with Gasteiger partial charge in [-0.2, -0.15) is 0 Å². The smallest absolute Gasteiger partial charge is 0.234 e. The Labute approximate surface area is 168 Å². The molecule has 4 heteroatoms. The van der Waals surface area contributed by atoms with Crippen LogP contribution < -0.4 is 5.32 Å². The molecule has 1 amide bonds. The van der Waals surface area contributed by atoms with Gasteiger partial charge >= 0.3 is 0 Å². The lowest BCUT2D eigenvalue weighted by molar-refractivity contribution is -0.113. The summed E-state index contributed by atoms with van der Waals surface area (Å²) in [7, 11) is 0. The van der Waals surface area contributed by atoms with Crippen molar-refractivity contribution in [1.29, 1.82) is 0 Å². The van der Waals surface area contributed by atoms with Crippen LogP contribution >= 0.6 is 11.8 Å². The van der Waals surface area contributed by atoms with Gasteiger partial charge in [-0.25, -0.2) is 0 Å². The van der Waals surface area contributed by atoms with Crippen molar-refractivity contribution in [2.24, 2.45) is 0 Å². The summed E-state index contributed by atoms with van der Waals surface area (Å²) in [6, 6.07) is 28.2. The number of aromatic nitrogens is 1. The summed E-state index contributed by atoms with van der Waals surface area (Å²) < 4.78 is 0. The molecule has 0 aliphatic carbocycles. The molecule has 1 N–H and O–H groups in total. The molecule has 1 heterocycles. The molecule has 0 fully saturated rings. The fourth-order valence-corrected chi connectivity index (χ4v) is 3.98. The Bertz CT molecular complexity index is 1090. The average Bonchev–Trinajstić information content (AvgIpc) is 2.74. The van der Waals surface area contributed by atoms with Crippen molar-refractivity contribution in [2.75, 3.05) is 11.1 Å². The molecular weight excluding hydrogens is 364 g/mol. The van der Waals surface area contributed by atoms with Crippen molar-refractivity contribution >= 4 is 34.3 Å². The molecule has 0 aliphatic heterocycles. The largest absolute Gasteiger partial charge is 0.325 e. The van der Waals surface area contributed by atoms with Crippen LogP contribution in [0, 0.1) is 0 Å². The number of thioether (sulfide) groups is 1. The van der Waals surface area contributed by atoms with E-state index in [-0.39, 0.29) is 5.91 Å². The van der Waals surface area contributed by atoms with E-state index in [0.29, 0.717) is 5.75 Å². The second-order valence-electron chi connectivity index (χ2n) is 6.48. The summed E-state index contributed by atoms with van der Waals surface area (Å²) in [4.78, 5) is 18.0. The van der Waals surface area contributed by atoms with E-state index in [2.05, 4.69) is 28.5 Å². The van der Waals surface area contributed by atoms with Gasteiger partial charge in [-0.15, -0.1) is 11.8 Å². The second-order valence-corrected chi connectivity index (χ2v) is 7.50. The lowest BCUT2D eigenvalue weighted by Gasteiger charge is -2.11. The lowest BCUT2D eigenvalue weighted by atomic mass is 10.0. The fraction of sp³-hybridized carbons (Fsp3) is 0.0833. The van der Waals surface area contributed by atoms with Gasteiger partial charge in [0.25, 0.3) is 0 Å². The van der Waals surface area contributed by atoms with E-state index in [4.69, 9.17) is 0 Å². The van der Waals surface area contributed by atoms with E-state index in [1.165, 1.54) is 17.3 Å². The number of nitrogens with one attached hydrogen (secondary N) is 1. The number of rotatable bonds is 6. The Kier molecular flexibility index (Phi) is 5.69. The number of carbonyl (C=O) groups is 1. The maximum atomic E-state index is 12.6. The molecule has 4 aromatic rings. The minimum Gasteiger partial charge on any atom is -0.325 e. The third-order valence-corrected chi connectivity index (χ3v) is 5.57. The van der Waals surface area contributed by atoms with Gasteiger partial charge in [-0.05, 0) is 35.7 Å². The first-order valence-corrected chi connectivity index (χ1v) is 10.2. The van der Waals surface area contributed by atoms with Crippen molar-refractivity contribution in [3.05, 3.63) is 102 Å². The quantitative estimate of drug-likeness (QED) is 0.443. The van der Waals surface area contributed by atoms with Crippen LogP contribution in [-0.4, -0.2) is 16.6 Å². The maximum absolute atomic E-state index is 12.6. The average molecular weight is 385 g/mol. The first-order chi connectivity index (χ1) is 13.8. The summed E-state index contributed by atoms with van der Waals surface area (Å²) in [6.07, 6.45) is 2.58. The van der Waals surface area contributed by atoms with Gasteiger partial charge in [0.1, 0.15) is 0 Å². The molecule has 0 aliphatic rings. The monoisotopic (exact) mass is 384 g/mol. The van der Waals surface area contributed by atoms with Crippen LogP contribution in [0.4, 0.5) is 5.69 Å².